The monoisotopic (exact) mass is 464 g/mol. The number of methoxy groups -OCH3 is 1. The maximum absolute atomic E-state index is 13.7. The molecule has 2 N–H and O–H groups in total. The molecule has 3 aromatic rings. The molecular formula is C25H28N4O5. The summed E-state index contributed by atoms with van der Waals surface area (Å²) >= 11 is 0. The molecule has 0 fully saturated rings. The quantitative estimate of drug-likeness (QED) is 0.493. The van der Waals surface area contributed by atoms with E-state index in [-0.39, 0.29) is 17.3 Å². The van der Waals surface area contributed by atoms with Crippen LogP contribution in [0.1, 0.15) is 46.8 Å². The predicted octanol–water partition coefficient (Wildman–Crippen LogP) is 4.00. The molecule has 1 aliphatic rings. The Morgan fingerprint density at radius 1 is 1.15 bits per heavy atom. The fraction of sp³-hybridized carbons (Fsp3) is 0.320. The zero-order valence-corrected chi connectivity index (χ0v) is 19.5. The van der Waals surface area contributed by atoms with E-state index in [1.807, 2.05) is 32.0 Å². The first-order valence-electron chi connectivity index (χ1n) is 11.3. The molecule has 0 saturated carbocycles. The van der Waals surface area contributed by atoms with Gasteiger partial charge in [-0.05, 0) is 62.2 Å². The Morgan fingerprint density at radius 2 is 1.88 bits per heavy atom. The van der Waals surface area contributed by atoms with Gasteiger partial charge in [0.1, 0.15) is 17.2 Å². The van der Waals surface area contributed by atoms with Gasteiger partial charge in [-0.3, -0.25) is 4.79 Å². The van der Waals surface area contributed by atoms with Crippen molar-refractivity contribution in [1.82, 2.24) is 9.78 Å². The highest BCUT2D eigenvalue weighted by molar-refractivity contribution is 6.09. The number of carbonyl (C=O) groups excluding carboxylic acids is 1. The number of nitrogens with zero attached hydrogens (tertiary/aromatic N) is 3. The topological polar surface area (TPSA) is 106 Å². The third-order valence-corrected chi connectivity index (χ3v) is 5.64. The van der Waals surface area contributed by atoms with Gasteiger partial charge in [0, 0.05) is 24.3 Å². The summed E-state index contributed by atoms with van der Waals surface area (Å²) < 4.78 is 12.5. The number of hydrogen-bond donors (Lipinski definition) is 2. The van der Waals surface area contributed by atoms with Crippen molar-refractivity contribution in [2.45, 2.75) is 26.7 Å². The van der Waals surface area contributed by atoms with Crippen molar-refractivity contribution in [3.63, 3.8) is 0 Å². The van der Waals surface area contributed by atoms with Crippen LogP contribution in [0, 0.1) is 0 Å². The molecule has 9 nitrogen and oxygen atoms in total. The highest BCUT2D eigenvalue weighted by Crippen LogP contribution is 2.34. The summed E-state index contributed by atoms with van der Waals surface area (Å²) in [5.74, 6) is -0.0788. The number of carbonyl (C=O) groups is 2. The Hall–Kier alpha value is -4.01. The van der Waals surface area contributed by atoms with Crippen molar-refractivity contribution in [2.24, 2.45) is 0 Å². The smallest absolute Gasteiger partial charge is 0.356 e. The first-order valence-corrected chi connectivity index (χ1v) is 11.3. The number of carboxylic acids is 1. The number of aromatic nitrogens is 2. The summed E-state index contributed by atoms with van der Waals surface area (Å²) in [6.07, 6.45) is 1.27. The Balaban J connectivity index is 1.75. The molecule has 0 unspecified atom stereocenters. The molecule has 0 radical (unpaired) electrons. The van der Waals surface area contributed by atoms with Crippen LogP contribution in [0.5, 0.6) is 11.5 Å². The molecule has 0 atom stereocenters. The van der Waals surface area contributed by atoms with Crippen molar-refractivity contribution in [3.8, 4) is 17.2 Å². The van der Waals surface area contributed by atoms with E-state index in [0.29, 0.717) is 48.8 Å². The van der Waals surface area contributed by atoms with Crippen molar-refractivity contribution >= 4 is 23.3 Å². The molecule has 1 aliphatic heterocycles. The number of nitrogens with one attached hydrogen (secondary N) is 1. The lowest BCUT2D eigenvalue weighted by Crippen LogP contribution is -2.39. The number of rotatable bonds is 9. The molecule has 0 spiro atoms. The largest absolute Gasteiger partial charge is 0.497 e. The minimum atomic E-state index is -1.16. The summed E-state index contributed by atoms with van der Waals surface area (Å²) in [5, 5.41) is 17.3. The van der Waals surface area contributed by atoms with E-state index in [1.54, 1.807) is 36.3 Å². The van der Waals surface area contributed by atoms with E-state index in [1.165, 1.54) is 4.68 Å². The molecule has 0 saturated heterocycles. The second-order valence-electron chi connectivity index (χ2n) is 7.86. The number of hydrogen-bond acceptors (Lipinski definition) is 6. The van der Waals surface area contributed by atoms with E-state index in [0.717, 1.165) is 17.9 Å². The van der Waals surface area contributed by atoms with Gasteiger partial charge in [-0.15, -0.1) is 0 Å². The SMILES string of the molecule is CCCOc1ccc(N2CCc3c(C(=O)O)nn(-c4ccc(OC)cc4)c3C2=O)cc1NCC. The normalized spacial score (nSPS) is 12.9. The van der Waals surface area contributed by atoms with Crippen LogP contribution >= 0.6 is 0 Å². The first-order chi connectivity index (χ1) is 16.5. The number of fused-ring (bicyclic) bond motifs is 1. The summed E-state index contributed by atoms with van der Waals surface area (Å²) in [6.45, 7) is 5.69. The van der Waals surface area contributed by atoms with Crippen LogP contribution in [0.25, 0.3) is 5.69 Å². The van der Waals surface area contributed by atoms with E-state index >= 15 is 0 Å². The number of amides is 1. The lowest BCUT2D eigenvalue weighted by molar-refractivity contribution is 0.0688. The van der Waals surface area contributed by atoms with Gasteiger partial charge < -0.3 is 24.8 Å². The summed E-state index contributed by atoms with van der Waals surface area (Å²) in [5.41, 5.74) is 2.69. The van der Waals surface area contributed by atoms with Crippen LogP contribution in [-0.2, 0) is 6.42 Å². The predicted molar refractivity (Wildman–Crippen MR) is 129 cm³/mol. The maximum atomic E-state index is 13.7. The first kappa shape index (κ1) is 23.2. The van der Waals surface area contributed by atoms with Gasteiger partial charge in [0.25, 0.3) is 5.91 Å². The molecule has 4 rings (SSSR count). The van der Waals surface area contributed by atoms with Crippen LogP contribution in [-0.4, -0.2) is 53.6 Å². The summed E-state index contributed by atoms with van der Waals surface area (Å²) in [4.78, 5) is 27.2. The molecular weight excluding hydrogens is 436 g/mol. The molecule has 0 bridgehead atoms. The van der Waals surface area contributed by atoms with E-state index < -0.39 is 5.97 Å². The number of anilines is 2. The van der Waals surface area contributed by atoms with Gasteiger partial charge in [-0.1, -0.05) is 6.92 Å². The lowest BCUT2D eigenvalue weighted by atomic mass is 10.0. The number of carboxylic acid groups (broad SMARTS) is 1. The molecule has 0 aliphatic carbocycles. The van der Waals surface area contributed by atoms with Gasteiger partial charge in [0.15, 0.2) is 5.69 Å². The van der Waals surface area contributed by atoms with Gasteiger partial charge in [-0.25, -0.2) is 9.48 Å². The minimum absolute atomic E-state index is 0.101. The van der Waals surface area contributed by atoms with Crippen LogP contribution in [0.15, 0.2) is 42.5 Å². The van der Waals surface area contributed by atoms with Crippen molar-refractivity contribution in [2.75, 3.05) is 37.0 Å². The second-order valence-corrected chi connectivity index (χ2v) is 7.86. The van der Waals surface area contributed by atoms with E-state index in [2.05, 4.69) is 10.4 Å². The highest BCUT2D eigenvalue weighted by Gasteiger charge is 2.35. The lowest BCUT2D eigenvalue weighted by Gasteiger charge is -2.28. The average molecular weight is 465 g/mol. The summed E-state index contributed by atoms with van der Waals surface area (Å²) in [6, 6.07) is 12.6. The zero-order chi connectivity index (χ0) is 24.2. The molecule has 2 heterocycles. The molecule has 1 aromatic heterocycles. The van der Waals surface area contributed by atoms with Gasteiger partial charge in [0.05, 0.1) is 25.1 Å². The molecule has 1 amide bonds. The third kappa shape index (κ3) is 4.28. The average Bonchev–Trinajstić information content (AvgIpc) is 3.25. The highest BCUT2D eigenvalue weighted by atomic mass is 16.5. The van der Waals surface area contributed by atoms with E-state index in [4.69, 9.17) is 9.47 Å². The Morgan fingerprint density at radius 3 is 2.53 bits per heavy atom. The maximum Gasteiger partial charge on any atom is 0.356 e. The summed E-state index contributed by atoms with van der Waals surface area (Å²) in [7, 11) is 1.56. The van der Waals surface area contributed by atoms with Crippen molar-refractivity contribution < 1.29 is 24.2 Å². The Labute approximate surface area is 197 Å². The van der Waals surface area contributed by atoms with E-state index in [9.17, 15) is 14.7 Å². The number of aromatic carboxylic acids is 1. The Kier molecular flexibility index (Phi) is 6.72. The van der Waals surface area contributed by atoms with Gasteiger partial charge in [-0.2, -0.15) is 5.10 Å². The fourth-order valence-corrected chi connectivity index (χ4v) is 4.04. The third-order valence-electron chi connectivity index (χ3n) is 5.64. The van der Waals surface area contributed by atoms with Crippen LogP contribution in [0.2, 0.25) is 0 Å². The number of benzene rings is 2. The standard InChI is InChI=1S/C25H28N4O5/c1-4-14-34-21-11-8-17(15-20(21)26-5-2)28-13-12-19-22(25(31)32)27-29(23(19)24(28)30)16-6-9-18(33-3)10-7-16/h6-11,15,26H,4-5,12-14H2,1-3H3,(H,31,32). The fourth-order valence-electron chi connectivity index (χ4n) is 4.04. The van der Waals surface area contributed by atoms with Gasteiger partial charge >= 0.3 is 5.97 Å². The minimum Gasteiger partial charge on any atom is -0.497 e. The van der Waals surface area contributed by atoms with Crippen LogP contribution in [0.4, 0.5) is 11.4 Å². The van der Waals surface area contributed by atoms with Crippen LogP contribution < -0.4 is 19.7 Å². The van der Waals surface area contributed by atoms with Gasteiger partial charge in [0.2, 0.25) is 0 Å². The molecule has 178 valence electrons. The van der Waals surface area contributed by atoms with Crippen molar-refractivity contribution in [3.05, 3.63) is 59.4 Å². The zero-order valence-electron chi connectivity index (χ0n) is 19.5. The van der Waals surface area contributed by atoms with Crippen LogP contribution in [0.3, 0.4) is 0 Å². The number of ether oxygens (including phenoxy) is 2. The molecule has 2 aromatic carbocycles. The molecule has 34 heavy (non-hydrogen) atoms. The second kappa shape index (κ2) is 9.86. The Bertz CT molecular complexity index is 1200. The van der Waals surface area contributed by atoms with Crippen molar-refractivity contribution in [1.29, 1.82) is 0 Å². The molecule has 9 heteroatoms.